The van der Waals surface area contributed by atoms with Crippen molar-refractivity contribution in [3.05, 3.63) is 29.8 Å². The Labute approximate surface area is 107 Å². The molecule has 1 fully saturated rings. The number of hydrogen-bond acceptors (Lipinski definition) is 3. The topological polar surface area (TPSA) is 75.3 Å². The predicted molar refractivity (Wildman–Crippen MR) is 70.4 cm³/mol. The highest BCUT2D eigenvalue weighted by Gasteiger charge is 2.28. The summed E-state index contributed by atoms with van der Waals surface area (Å²) < 4.78 is 22.5. The molecule has 1 aliphatic rings. The third-order valence-electron chi connectivity index (χ3n) is 2.88. The van der Waals surface area contributed by atoms with Crippen molar-refractivity contribution in [1.29, 1.82) is 0 Å². The monoisotopic (exact) mass is 268 g/mol. The van der Waals surface area contributed by atoms with Crippen LogP contribution in [0, 0.1) is 6.92 Å². The zero-order valence-corrected chi connectivity index (χ0v) is 11.0. The molecule has 1 aromatic rings. The number of carbonyl (C=O) groups excluding carboxylic acids is 1. The van der Waals surface area contributed by atoms with E-state index in [1.165, 1.54) is 0 Å². The van der Waals surface area contributed by atoms with Gasteiger partial charge >= 0.3 is 6.03 Å². The van der Waals surface area contributed by atoms with E-state index in [4.69, 9.17) is 0 Å². The van der Waals surface area contributed by atoms with Crippen LogP contribution in [0.4, 0.5) is 10.5 Å². The summed E-state index contributed by atoms with van der Waals surface area (Å²) in [5.74, 6) is 0.191. The SMILES string of the molecule is Cc1ccc(NC(=O)NC2CCS(=O)(=O)C2)cc1. The first kappa shape index (κ1) is 12.9. The van der Waals surface area contributed by atoms with Gasteiger partial charge in [0.2, 0.25) is 0 Å². The highest BCUT2D eigenvalue weighted by Crippen LogP contribution is 2.12. The van der Waals surface area contributed by atoms with Gasteiger partial charge in [0.25, 0.3) is 0 Å². The molecule has 0 saturated carbocycles. The molecule has 2 rings (SSSR count). The average molecular weight is 268 g/mol. The van der Waals surface area contributed by atoms with Crippen LogP contribution < -0.4 is 10.6 Å². The van der Waals surface area contributed by atoms with Gasteiger partial charge < -0.3 is 10.6 Å². The minimum atomic E-state index is -2.96. The molecule has 1 unspecified atom stereocenters. The quantitative estimate of drug-likeness (QED) is 0.849. The second kappa shape index (κ2) is 4.97. The fraction of sp³-hybridized carbons (Fsp3) is 0.417. The van der Waals surface area contributed by atoms with Gasteiger partial charge in [-0.15, -0.1) is 0 Å². The number of benzene rings is 1. The molecule has 0 aromatic heterocycles. The number of sulfone groups is 1. The maximum atomic E-state index is 11.6. The first-order valence-corrected chi connectivity index (χ1v) is 7.61. The number of carbonyl (C=O) groups is 1. The smallest absolute Gasteiger partial charge is 0.319 e. The molecule has 0 spiro atoms. The lowest BCUT2D eigenvalue weighted by Crippen LogP contribution is -2.38. The number of hydrogen-bond donors (Lipinski definition) is 2. The number of nitrogens with one attached hydrogen (secondary N) is 2. The molecule has 18 heavy (non-hydrogen) atoms. The van der Waals surface area contributed by atoms with E-state index in [-0.39, 0.29) is 23.6 Å². The van der Waals surface area contributed by atoms with Crippen molar-refractivity contribution in [3.63, 3.8) is 0 Å². The lowest BCUT2D eigenvalue weighted by molar-refractivity contribution is 0.249. The van der Waals surface area contributed by atoms with Crippen LogP contribution in [0.2, 0.25) is 0 Å². The van der Waals surface area contributed by atoms with Gasteiger partial charge in [-0.05, 0) is 25.5 Å². The summed E-state index contributed by atoms with van der Waals surface area (Å²) in [4.78, 5) is 11.6. The zero-order chi connectivity index (χ0) is 13.2. The van der Waals surface area contributed by atoms with E-state index in [1.807, 2.05) is 19.1 Å². The Hall–Kier alpha value is -1.56. The van der Waals surface area contributed by atoms with Crippen LogP contribution in [0.1, 0.15) is 12.0 Å². The minimum absolute atomic E-state index is 0.0360. The molecule has 5 nitrogen and oxygen atoms in total. The van der Waals surface area contributed by atoms with E-state index < -0.39 is 9.84 Å². The summed E-state index contributed by atoms with van der Waals surface area (Å²) in [6.07, 6.45) is 0.490. The van der Waals surface area contributed by atoms with Gasteiger partial charge in [0.05, 0.1) is 11.5 Å². The third-order valence-corrected chi connectivity index (χ3v) is 4.65. The van der Waals surface area contributed by atoms with E-state index in [0.29, 0.717) is 12.1 Å². The Morgan fingerprint density at radius 3 is 2.50 bits per heavy atom. The molecule has 98 valence electrons. The van der Waals surface area contributed by atoms with Crippen LogP contribution in [-0.2, 0) is 9.84 Å². The molecule has 0 radical (unpaired) electrons. The number of aryl methyl sites for hydroxylation is 1. The molecule has 2 N–H and O–H groups in total. The number of urea groups is 1. The van der Waals surface area contributed by atoms with Crippen LogP contribution in [0.25, 0.3) is 0 Å². The van der Waals surface area contributed by atoms with Gasteiger partial charge in [-0.2, -0.15) is 0 Å². The molecule has 1 aromatic carbocycles. The van der Waals surface area contributed by atoms with Gasteiger partial charge in [0.15, 0.2) is 9.84 Å². The molecule has 1 heterocycles. The van der Waals surface area contributed by atoms with Gasteiger partial charge in [0.1, 0.15) is 0 Å². The Morgan fingerprint density at radius 1 is 1.28 bits per heavy atom. The third kappa shape index (κ3) is 3.46. The van der Waals surface area contributed by atoms with Crippen molar-refractivity contribution in [1.82, 2.24) is 5.32 Å². The average Bonchev–Trinajstić information content (AvgIpc) is 2.61. The normalized spacial score (nSPS) is 21.5. The molecule has 0 aliphatic carbocycles. The molecular weight excluding hydrogens is 252 g/mol. The van der Waals surface area contributed by atoms with E-state index >= 15 is 0 Å². The Balaban J connectivity index is 1.88. The zero-order valence-electron chi connectivity index (χ0n) is 10.1. The Kier molecular flexibility index (Phi) is 3.56. The summed E-state index contributed by atoms with van der Waals surface area (Å²) in [5.41, 5.74) is 1.81. The Bertz CT molecular complexity index is 537. The molecule has 6 heteroatoms. The maximum absolute atomic E-state index is 11.6. The highest BCUT2D eigenvalue weighted by molar-refractivity contribution is 7.91. The van der Waals surface area contributed by atoms with Crippen LogP contribution >= 0.6 is 0 Å². The summed E-state index contributed by atoms with van der Waals surface area (Å²) in [6.45, 7) is 1.97. The van der Waals surface area contributed by atoms with Crippen LogP contribution in [0.15, 0.2) is 24.3 Å². The maximum Gasteiger partial charge on any atom is 0.319 e. The van der Waals surface area contributed by atoms with Crippen molar-refractivity contribution in [2.75, 3.05) is 16.8 Å². The standard InChI is InChI=1S/C12H16N2O3S/c1-9-2-4-10(5-3-9)13-12(15)14-11-6-7-18(16,17)8-11/h2-5,11H,6-8H2,1H3,(H2,13,14,15). The van der Waals surface area contributed by atoms with Gasteiger partial charge in [-0.1, -0.05) is 17.7 Å². The largest absolute Gasteiger partial charge is 0.334 e. The van der Waals surface area contributed by atoms with Gasteiger partial charge in [-0.3, -0.25) is 0 Å². The summed E-state index contributed by atoms with van der Waals surface area (Å²) in [5, 5.41) is 5.35. The second-order valence-electron chi connectivity index (χ2n) is 4.56. The minimum Gasteiger partial charge on any atom is -0.334 e. The van der Waals surface area contributed by atoms with Crippen molar-refractivity contribution in [2.24, 2.45) is 0 Å². The second-order valence-corrected chi connectivity index (χ2v) is 6.79. The molecule has 1 atom stereocenters. The lowest BCUT2D eigenvalue weighted by Gasteiger charge is -2.12. The van der Waals surface area contributed by atoms with Crippen molar-refractivity contribution in [2.45, 2.75) is 19.4 Å². The fourth-order valence-corrected chi connectivity index (χ4v) is 3.57. The predicted octanol–water partition coefficient (Wildman–Crippen LogP) is 1.30. The molecule has 0 bridgehead atoms. The molecule has 1 aliphatic heterocycles. The van der Waals surface area contributed by atoms with E-state index in [2.05, 4.69) is 10.6 Å². The van der Waals surface area contributed by atoms with E-state index in [0.717, 1.165) is 5.56 Å². The van der Waals surface area contributed by atoms with Crippen LogP contribution in [-0.4, -0.2) is 32.0 Å². The Morgan fingerprint density at radius 2 is 1.94 bits per heavy atom. The number of rotatable bonds is 2. The van der Waals surface area contributed by atoms with E-state index in [1.54, 1.807) is 12.1 Å². The van der Waals surface area contributed by atoms with Crippen LogP contribution in [0.3, 0.4) is 0 Å². The summed E-state index contributed by atoms with van der Waals surface area (Å²) >= 11 is 0. The lowest BCUT2D eigenvalue weighted by atomic mass is 10.2. The molecule has 2 amide bonds. The van der Waals surface area contributed by atoms with Gasteiger partial charge in [0, 0.05) is 11.7 Å². The molecule has 1 saturated heterocycles. The first-order valence-electron chi connectivity index (χ1n) is 5.79. The highest BCUT2D eigenvalue weighted by atomic mass is 32.2. The summed E-state index contributed by atoms with van der Waals surface area (Å²) in [7, 11) is -2.96. The van der Waals surface area contributed by atoms with Crippen LogP contribution in [0.5, 0.6) is 0 Å². The van der Waals surface area contributed by atoms with Crippen molar-refractivity contribution in [3.8, 4) is 0 Å². The number of anilines is 1. The molecular formula is C12H16N2O3S. The number of amides is 2. The van der Waals surface area contributed by atoms with Crippen molar-refractivity contribution >= 4 is 21.6 Å². The summed E-state index contributed by atoms with van der Waals surface area (Å²) in [6, 6.07) is 6.77. The fourth-order valence-electron chi connectivity index (χ4n) is 1.90. The van der Waals surface area contributed by atoms with Crippen molar-refractivity contribution < 1.29 is 13.2 Å². The van der Waals surface area contributed by atoms with Gasteiger partial charge in [-0.25, -0.2) is 13.2 Å². The first-order chi connectivity index (χ1) is 8.44. The van der Waals surface area contributed by atoms with E-state index in [9.17, 15) is 13.2 Å².